The standard InChI is InChI=1S/C8H13N3O2/c1-3-5(2)9-6-4-7(12)11-8(13)10-6/h4-5H,3H2,1-2H3,(H3,9,10,11,12,13)/t5-/m0/s1. The van der Waals surface area contributed by atoms with E-state index in [9.17, 15) is 9.59 Å². The smallest absolute Gasteiger partial charge is 0.327 e. The highest BCUT2D eigenvalue weighted by atomic mass is 16.2. The van der Waals surface area contributed by atoms with Crippen molar-refractivity contribution in [3.63, 3.8) is 0 Å². The van der Waals surface area contributed by atoms with Gasteiger partial charge in [0, 0.05) is 12.1 Å². The lowest BCUT2D eigenvalue weighted by atomic mass is 10.2. The van der Waals surface area contributed by atoms with E-state index in [4.69, 9.17) is 0 Å². The second-order valence-corrected chi connectivity index (χ2v) is 2.96. The van der Waals surface area contributed by atoms with Crippen LogP contribution in [-0.2, 0) is 0 Å². The third-order valence-corrected chi connectivity index (χ3v) is 1.77. The van der Waals surface area contributed by atoms with Gasteiger partial charge >= 0.3 is 5.69 Å². The topological polar surface area (TPSA) is 77.8 Å². The first-order valence-corrected chi connectivity index (χ1v) is 4.22. The molecule has 5 heteroatoms. The molecule has 0 aliphatic rings. The van der Waals surface area contributed by atoms with Gasteiger partial charge in [-0.3, -0.25) is 14.8 Å². The normalized spacial score (nSPS) is 12.5. The number of rotatable bonds is 3. The highest BCUT2D eigenvalue weighted by Crippen LogP contribution is 1.99. The Morgan fingerprint density at radius 2 is 2.15 bits per heavy atom. The predicted molar refractivity (Wildman–Crippen MR) is 51.1 cm³/mol. The maximum atomic E-state index is 10.9. The molecule has 0 amide bonds. The van der Waals surface area contributed by atoms with E-state index in [1.807, 2.05) is 13.8 Å². The third-order valence-electron chi connectivity index (χ3n) is 1.77. The van der Waals surface area contributed by atoms with Crippen molar-refractivity contribution in [1.29, 1.82) is 0 Å². The number of hydrogen-bond acceptors (Lipinski definition) is 3. The molecule has 3 N–H and O–H groups in total. The molecule has 0 bridgehead atoms. The highest BCUT2D eigenvalue weighted by Gasteiger charge is 1.99. The Balaban J connectivity index is 2.90. The van der Waals surface area contributed by atoms with Gasteiger partial charge in [-0.25, -0.2) is 4.79 Å². The number of hydrogen-bond donors (Lipinski definition) is 3. The van der Waals surface area contributed by atoms with Crippen molar-refractivity contribution in [2.45, 2.75) is 26.3 Å². The molecule has 0 spiro atoms. The molecule has 1 aromatic rings. The predicted octanol–water partition coefficient (Wildman–Crippen LogP) is 0.274. The Hall–Kier alpha value is -1.52. The van der Waals surface area contributed by atoms with E-state index in [1.165, 1.54) is 6.07 Å². The summed E-state index contributed by atoms with van der Waals surface area (Å²) in [4.78, 5) is 26.3. The minimum Gasteiger partial charge on any atom is -0.369 e. The van der Waals surface area contributed by atoms with Gasteiger partial charge in [0.05, 0.1) is 0 Å². The molecule has 0 saturated carbocycles. The first-order valence-electron chi connectivity index (χ1n) is 4.22. The van der Waals surface area contributed by atoms with Crippen molar-refractivity contribution < 1.29 is 0 Å². The number of aromatic nitrogens is 2. The number of anilines is 1. The van der Waals surface area contributed by atoms with Crippen LogP contribution in [0.25, 0.3) is 0 Å². The number of nitrogens with one attached hydrogen (secondary N) is 3. The molecule has 0 unspecified atom stereocenters. The van der Waals surface area contributed by atoms with E-state index in [0.29, 0.717) is 5.82 Å². The molecular formula is C8H13N3O2. The van der Waals surface area contributed by atoms with Crippen LogP contribution in [0.1, 0.15) is 20.3 Å². The van der Waals surface area contributed by atoms with Crippen LogP contribution in [0.15, 0.2) is 15.7 Å². The molecule has 0 radical (unpaired) electrons. The Bertz CT molecular complexity index is 351. The van der Waals surface area contributed by atoms with Crippen molar-refractivity contribution >= 4 is 5.82 Å². The average molecular weight is 183 g/mol. The Morgan fingerprint density at radius 3 is 2.69 bits per heavy atom. The summed E-state index contributed by atoms with van der Waals surface area (Å²) < 4.78 is 0. The van der Waals surface area contributed by atoms with E-state index in [-0.39, 0.29) is 6.04 Å². The molecular weight excluding hydrogens is 170 g/mol. The summed E-state index contributed by atoms with van der Waals surface area (Å²) in [7, 11) is 0. The van der Waals surface area contributed by atoms with Crippen LogP contribution < -0.4 is 16.6 Å². The van der Waals surface area contributed by atoms with Crippen LogP contribution in [0.5, 0.6) is 0 Å². The fourth-order valence-electron chi connectivity index (χ4n) is 0.914. The molecule has 0 aliphatic heterocycles. The zero-order valence-corrected chi connectivity index (χ0v) is 7.68. The van der Waals surface area contributed by atoms with Gasteiger partial charge in [-0.2, -0.15) is 0 Å². The maximum absolute atomic E-state index is 10.9. The largest absolute Gasteiger partial charge is 0.369 e. The molecule has 0 aromatic carbocycles. The monoisotopic (exact) mass is 183 g/mol. The van der Waals surface area contributed by atoms with E-state index < -0.39 is 11.2 Å². The molecule has 5 nitrogen and oxygen atoms in total. The van der Waals surface area contributed by atoms with Crippen LogP contribution in [-0.4, -0.2) is 16.0 Å². The Morgan fingerprint density at radius 1 is 1.46 bits per heavy atom. The van der Waals surface area contributed by atoms with E-state index >= 15 is 0 Å². The van der Waals surface area contributed by atoms with Crippen molar-refractivity contribution in [2.24, 2.45) is 0 Å². The van der Waals surface area contributed by atoms with Crippen molar-refractivity contribution in [3.8, 4) is 0 Å². The van der Waals surface area contributed by atoms with Crippen LogP contribution in [0.4, 0.5) is 5.82 Å². The van der Waals surface area contributed by atoms with E-state index in [1.54, 1.807) is 0 Å². The summed E-state index contributed by atoms with van der Waals surface area (Å²) in [5.41, 5.74) is -0.882. The SMILES string of the molecule is CC[C@H](C)Nc1cc(=O)[nH]c(=O)[nH]1. The van der Waals surface area contributed by atoms with Gasteiger partial charge < -0.3 is 5.32 Å². The quantitative estimate of drug-likeness (QED) is 0.629. The average Bonchev–Trinajstić information content (AvgIpc) is 2.02. The van der Waals surface area contributed by atoms with Crippen LogP contribution in [0, 0.1) is 0 Å². The molecule has 72 valence electrons. The van der Waals surface area contributed by atoms with Gasteiger partial charge in [0.2, 0.25) is 0 Å². The van der Waals surface area contributed by atoms with Gasteiger partial charge in [-0.05, 0) is 13.3 Å². The number of aromatic amines is 2. The number of H-pyrrole nitrogens is 2. The highest BCUT2D eigenvalue weighted by molar-refractivity contribution is 5.32. The van der Waals surface area contributed by atoms with Gasteiger partial charge in [0.25, 0.3) is 5.56 Å². The molecule has 1 rings (SSSR count). The first-order chi connectivity index (χ1) is 6.11. The fourth-order valence-corrected chi connectivity index (χ4v) is 0.914. The summed E-state index contributed by atoms with van der Waals surface area (Å²) in [5.74, 6) is 0.461. The maximum Gasteiger partial charge on any atom is 0.327 e. The molecule has 0 saturated heterocycles. The van der Waals surface area contributed by atoms with Gasteiger partial charge in [0.1, 0.15) is 5.82 Å². The van der Waals surface area contributed by atoms with E-state index in [2.05, 4.69) is 15.3 Å². The van der Waals surface area contributed by atoms with Crippen molar-refractivity contribution in [3.05, 3.63) is 26.9 Å². The van der Waals surface area contributed by atoms with Crippen molar-refractivity contribution in [1.82, 2.24) is 9.97 Å². The summed E-state index contributed by atoms with van der Waals surface area (Å²) in [5, 5.41) is 3.00. The lowest BCUT2D eigenvalue weighted by Gasteiger charge is -2.11. The summed E-state index contributed by atoms with van der Waals surface area (Å²) in [6.07, 6.45) is 0.925. The molecule has 1 atom stereocenters. The summed E-state index contributed by atoms with van der Waals surface area (Å²) in [6, 6.07) is 1.56. The van der Waals surface area contributed by atoms with Gasteiger partial charge in [-0.15, -0.1) is 0 Å². The zero-order chi connectivity index (χ0) is 9.84. The first kappa shape index (κ1) is 9.57. The zero-order valence-electron chi connectivity index (χ0n) is 7.68. The van der Waals surface area contributed by atoms with Crippen molar-refractivity contribution in [2.75, 3.05) is 5.32 Å². The Labute approximate surface area is 75.2 Å². The molecule has 1 aromatic heterocycles. The minimum atomic E-state index is -0.488. The van der Waals surface area contributed by atoms with Crippen LogP contribution in [0.2, 0.25) is 0 Å². The lowest BCUT2D eigenvalue weighted by Crippen LogP contribution is -2.25. The second-order valence-electron chi connectivity index (χ2n) is 2.96. The summed E-state index contributed by atoms with van der Waals surface area (Å²) in [6.45, 7) is 3.99. The summed E-state index contributed by atoms with van der Waals surface area (Å²) >= 11 is 0. The van der Waals surface area contributed by atoms with Gasteiger partial charge in [0.15, 0.2) is 0 Å². The fraction of sp³-hybridized carbons (Fsp3) is 0.500. The molecule has 13 heavy (non-hydrogen) atoms. The molecule has 1 heterocycles. The third kappa shape index (κ3) is 2.77. The van der Waals surface area contributed by atoms with E-state index in [0.717, 1.165) is 6.42 Å². The van der Waals surface area contributed by atoms with Gasteiger partial charge in [-0.1, -0.05) is 6.92 Å². The van der Waals surface area contributed by atoms with Crippen LogP contribution >= 0.6 is 0 Å². The lowest BCUT2D eigenvalue weighted by molar-refractivity contribution is 0.756. The molecule has 0 aliphatic carbocycles. The van der Waals surface area contributed by atoms with Crippen LogP contribution in [0.3, 0.4) is 0 Å². The minimum absolute atomic E-state index is 0.234. The second kappa shape index (κ2) is 3.93. The molecule has 0 fully saturated rings. The Kier molecular flexibility index (Phi) is 2.89.